The number of aromatic nitrogens is 2. The summed E-state index contributed by atoms with van der Waals surface area (Å²) in [5.74, 6) is 0.416. The molecule has 160 valence electrons. The molecule has 3 rings (SSSR count). The average molecular weight is 425 g/mol. The number of anilines is 4. The lowest BCUT2D eigenvalue weighted by Crippen LogP contribution is -2.06. The largest absolute Gasteiger partial charge is 0.497 e. The number of benzene rings is 2. The van der Waals surface area contributed by atoms with Gasteiger partial charge >= 0.3 is 11.7 Å². The molecule has 0 atom stereocenters. The van der Waals surface area contributed by atoms with E-state index in [2.05, 4.69) is 25.3 Å². The highest BCUT2D eigenvalue weighted by atomic mass is 16.6. The predicted octanol–water partition coefficient (Wildman–Crippen LogP) is 3.68. The second-order valence-corrected chi connectivity index (χ2v) is 6.06. The normalized spacial score (nSPS) is 10.2. The Morgan fingerprint density at radius 1 is 0.968 bits per heavy atom. The van der Waals surface area contributed by atoms with Gasteiger partial charge in [0, 0.05) is 11.8 Å². The number of rotatable bonds is 8. The molecule has 1 aromatic heterocycles. The van der Waals surface area contributed by atoms with E-state index in [1.807, 2.05) is 0 Å². The number of carbonyl (C=O) groups excluding carboxylic acids is 1. The van der Waals surface area contributed by atoms with Crippen molar-refractivity contribution in [1.29, 1.82) is 0 Å². The van der Waals surface area contributed by atoms with Crippen molar-refractivity contribution >= 4 is 34.7 Å². The van der Waals surface area contributed by atoms with Crippen molar-refractivity contribution in [2.24, 2.45) is 0 Å². The minimum absolute atomic E-state index is 0.0322. The first-order valence-corrected chi connectivity index (χ1v) is 8.90. The summed E-state index contributed by atoms with van der Waals surface area (Å²) in [6.07, 6.45) is 1.19. The summed E-state index contributed by atoms with van der Waals surface area (Å²) in [6.45, 7) is 0. The fraction of sp³-hybridized carbons (Fsp3) is 0.150. The van der Waals surface area contributed by atoms with E-state index in [0.29, 0.717) is 28.4 Å². The number of nitrogens with one attached hydrogen (secondary N) is 2. The van der Waals surface area contributed by atoms with Gasteiger partial charge in [-0.05, 0) is 36.4 Å². The van der Waals surface area contributed by atoms with Crippen LogP contribution in [0.2, 0.25) is 0 Å². The number of methoxy groups -OCH3 is 3. The van der Waals surface area contributed by atoms with Gasteiger partial charge in [-0.3, -0.25) is 10.1 Å². The molecule has 31 heavy (non-hydrogen) atoms. The van der Waals surface area contributed by atoms with E-state index in [1.165, 1.54) is 39.8 Å². The highest BCUT2D eigenvalue weighted by Gasteiger charge is 2.24. The first kappa shape index (κ1) is 21.3. The number of nitrogens with zero attached hydrogens (tertiary/aromatic N) is 3. The van der Waals surface area contributed by atoms with Crippen LogP contribution in [-0.4, -0.2) is 42.2 Å². The second-order valence-electron chi connectivity index (χ2n) is 6.06. The molecule has 2 aromatic carbocycles. The van der Waals surface area contributed by atoms with Crippen LogP contribution in [0.15, 0.2) is 48.8 Å². The Kier molecular flexibility index (Phi) is 6.45. The predicted molar refractivity (Wildman–Crippen MR) is 113 cm³/mol. The third-order valence-corrected chi connectivity index (χ3v) is 4.23. The molecule has 0 amide bonds. The smallest absolute Gasteiger partial charge is 0.353 e. The summed E-state index contributed by atoms with van der Waals surface area (Å²) in [5.41, 5.74) is 0.888. The minimum atomic E-state index is -0.597. The molecule has 0 bridgehead atoms. The number of hydrogen-bond donors (Lipinski definition) is 2. The van der Waals surface area contributed by atoms with Gasteiger partial charge < -0.3 is 24.8 Å². The van der Waals surface area contributed by atoms with Crippen LogP contribution in [0, 0.1) is 10.1 Å². The molecule has 3 aromatic rings. The van der Waals surface area contributed by atoms with Gasteiger partial charge in [-0.25, -0.2) is 14.8 Å². The lowest BCUT2D eigenvalue weighted by Gasteiger charge is -2.13. The maximum Gasteiger partial charge on any atom is 0.353 e. The quantitative estimate of drug-likeness (QED) is 0.312. The monoisotopic (exact) mass is 425 g/mol. The van der Waals surface area contributed by atoms with E-state index >= 15 is 0 Å². The summed E-state index contributed by atoms with van der Waals surface area (Å²) < 4.78 is 15.2. The highest BCUT2D eigenvalue weighted by Crippen LogP contribution is 2.36. The molecule has 1 heterocycles. The third kappa shape index (κ3) is 4.78. The van der Waals surface area contributed by atoms with Crippen LogP contribution >= 0.6 is 0 Å². The van der Waals surface area contributed by atoms with E-state index in [0.717, 1.165) is 0 Å². The second kappa shape index (κ2) is 9.39. The summed E-state index contributed by atoms with van der Waals surface area (Å²) in [4.78, 5) is 30.8. The van der Waals surface area contributed by atoms with E-state index in [4.69, 9.17) is 9.47 Å². The molecule has 0 aliphatic carbocycles. The van der Waals surface area contributed by atoms with Crippen LogP contribution in [0.5, 0.6) is 11.5 Å². The fourth-order valence-corrected chi connectivity index (χ4v) is 2.72. The Morgan fingerprint density at radius 2 is 1.65 bits per heavy atom. The van der Waals surface area contributed by atoms with Gasteiger partial charge in [0.25, 0.3) is 0 Å². The number of hydrogen-bond acceptors (Lipinski definition) is 10. The van der Waals surface area contributed by atoms with Gasteiger partial charge in [-0.15, -0.1) is 0 Å². The summed E-state index contributed by atoms with van der Waals surface area (Å²) in [7, 11) is 4.27. The molecule has 0 radical (unpaired) electrons. The van der Waals surface area contributed by atoms with Gasteiger partial charge in [-0.2, -0.15) is 0 Å². The minimum Gasteiger partial charge on any atom is -0.497 e. The Bertz CT molecular complexity index is 1100. The topological polar surface area (TPSA) is 138 Å². The summed E-state index contributed by atoms with van der Waals surface area (Å²) >= 11 is 0. The average Bonchev–Trinajstić information content (AvgIpc) is 2.79. The molecule has 0 spiro atoms. The van der Waals surface area contributed by atoms with Crippen LogP contribution in [0.4, 0.5) is 28.7 Å². The molecule has 0 saturated carbocycles. The lowest BCUT2D eigenvalue weighted by molar-refractivity contribution is -0.383. The van der Waals surface area contributed by atoms with Gasteiger partial charge in [0.2, 0.25) is 11.6 Å². The van der Waals surface area contributed by atoms with Crippen LogP contribution in [0.3, 0.4) is 0 Å². The van der Waals surface area contributed by atoms with Crippen molar-refractivity contribution in [3.8, 4) is 11.5 Å². The molecule has 0 saturated heterocycles. The molecule has 11 heteroatoms. The molecule has 11 nitrogen and oxygen atoms in total. The zero-order valence-electron chi connectivity index (χ0n) is 16.9. The van der Waals surface area contributed by atoms with Crippen molar-refractivity contribution in [3.05, 3.63) is 64.5 Å². The maximum absolute atomic E-state index is 11.8. The van der Waals surface area contributed by atoms with Crippen molar-refractivity contribution in [3.63, 3.8) is 0 Å². The number of nitro groups is 1. The van der Waals surface area contributed by atoms with E-state index < -0.39 is 10.9 Å². The van der Waals surface area contributed by atoms with Crippen molar-refractivity contribution < 1.29 is 23.9 Å². The molecule has 0 aliphatic rings. The Balaban J connectivity index is 1.95. The Hall–Kier alpha value is -4.41. The van der Waals surface area contributed by atoms with Crippen LogP contribution in [0.25, 0.3) is 0 Å². The van der Waals surface area contributed by atoms with Gasteiger partial charge in [0.1, 0.15) is 17.8 Å². The van der Waals surface area contributed by atoms with Crippen molar-refractivity contribution in [2.45, 2.75) is 0 Å². The van der Waals surface area contributed by atoms with Crippen molar-refractivity contribution in [1.82, 2.24) is 9.97 Å². The molecule has 2 N–H and O–H groups in total. The highest BCUT2D eigenvalue weighted by molar-refractivity contribution is 5.90. The van der Waals surface area contributed by atoms with Crippen molar-refractivity contribution in [2.75, 3.05) is 32.0 Å². The zero-order chi connectivity index (χ0) is 22.4. The van der Waals surface area contributed by atoms with E-state index in [9.17, 15) is 14.9 Å². The fourth-order valence-electron chi connectivity index (χ4n) is 2.72. The number of carbonyl (C=O) groups is 1. The van der Waals surface area contributed by atoms with Gasteiger partial charge in [-0.1, -0.05) is 0 Å². The number of ether oxygens (including phenoxy) is 3. The summed E-state index contributed by atoms with van der Waals surface area (Å²) in [5, 5.41) is 17.6. The van der Waals surface area contributed by atoms with Crippen LogP contribution in [0.1, 0.15) is 10.4 Å². The van der Waals surface area contributed by atoms with Gasteiger partial charge in [0.05, 0.1) is 37.5 Å². The molecule has 0 aliphatic heterocycles. The van der Waals surface area contributed by atoms with E-state index in [-0.39, 0.29) is 17.3 Å². The lowest BCUT2D eigenvalue weighted by atomic mass is 10.2. The Morgan fingerprint density at radius 3 is 2.23 bits per heavy atom. The first-order valence-electron chi connectivity index (χ1n) is 8.90. The maximum atomic E-state index is 11.8. The molecular formula is C20H19N5O6. The standard InChI is InChI=1S/C20H19N5O6/c1-29-14-8-9-16(30-2)15(10-14)24-19-17(25(27)28)18(21-11-22-19)23-13-6-4-12(5-7-13)20(26)31-3/h4-11H,1-3H3,(H2,21,22,23,24). The van der Waals surface area contributed by atoms with Crippen LogP contribution < -0.4 is 20.1 Å². The van der Waals surface area contributed by atoms with Gasteiger partial charge in [0.15, 0.2) is 0 Å². The molecular weight excluding hydrogens is 406 g/mol. The van der Waals surface area contributed by atoms with Crippen LogP contribution in [-0.2, 0) is 4.74 Å². The molecule has 0 fully saturated rings. The summed E-state index contributed by atoms with van der Waals surface area (Å²) in [6, 6.07) is 11.2. The zero-order valence-corrected chi connectivity index (χ0v) is 16.9. The third-order valence-electron chi connectivity index (χ3n) is 4.23. The van der Waals surface area contributed by atoms with E-state index in [1.54, 1.807) is 30.3 Å². The Labute approximate surface area is 177 Å². The number of esters is 1. The molecule has 0 unspecified atom stereocenters. The first-order chi connectivity index (χ1) is 15.0. The SMILES string of the molecule is COC(=O)c1ccc(Nc2ncnc(Nc3cc(OC)ccc3OC)c2[N+](=O)[O-])cc1.